The summed E-state index contributed by atoms with van der Waals surface area (Å²) in [5.41, 5.74) is 0.940. The number of rotatable bonds is 4. The molecule has 0 unspecified atom stereocenters. The third kappa shape index (κ3) is 1.86. The number of nitrogens with one attached hydrogen (secondary N) is 1. The lowest BCUT2D eigenvalue weighted by atomic mass is 9.57. The minimum atomic E-state index is -0.0488. The molecule has 0 spiro atoms. The van der Waals surface area contributed by atoms with Crippen LogP contribution in [0.25, 0.3) is 0 Å². The number of likely N-dealkylation sites (N-methyl/N-ethyl adjacent to an activating group) is 1. The molecule has 0 bridgehead atoms. The molecule has 1 aliphatic carbocycles. The van der Waals surface area contributed by atoms with E-state index in [1.165, 1.54) is 6.42 Å². The maximum absolute atomic E-state index is 13.8. The van der Waals surface area contributed by atoms with Crippen molar-refractivity contribution < 1.29 is 4.39 Å². The minimum Gasteiger partial charge on any atom is -0.319 e. The lowest BCUT2D eigenvalue weighted by Crippen LogP contribution is -2.48. The van der Waals surface area contributed by atoms with Gasteiger partial charge in [0.2, 0.25) is 0 Å². The lowest BCUT2D eigenvalue weighted by molar-refractivity contribution is 0.132. The summed E-state index contributed by atoms with van der Waals surface area (Å²) in [5.74, 6) is 0.722. The largest absolute Gasteiger partial charge is 0.319 e. The van der Waals surface area contributed by atoms with Gasteiger partial charge >= 0.3 is 0 Å². The van der Waals surface area contributed by atoms with Crippen molar-refractivity contribution in [2.24, 2.45) is 5.92 Å². The first-order valence-corrected chi connectivity index (χ1v) is 6.11. The topological polar surface area (TPSA) is 12.0 Å². The third-order valence-electron chi connectivity index (χ3n) is 3.90. The van der Waals surface area contributed by atoms with E-state index in [0.717, 1.165) is 30.9 Å². The Morgan fingerprint density at radius 1 is 1.38 bits per heavy atom. The molecule has 0 aliphatic heterocycles. The molecular formula is C14H20FN. The highest BCUT2D eigenvalue weighted by Gasteiger charge is 2.45. The van der Waals surface area contributed by atoms with Gasteiger partial charge in [0.25, 0.3) is 0 Å². The van der Waals surface area contributed by atoms with Crippen LogP contribution in [-0.2, 0) is 5.41 Å². The van der Waals surface area contributed by atoms with Crippen LogP contribution in [0, 0.1) is 11.7 Å². The minimum absolute atomic E-state index is 0.0424. The van der Waals surface area contributed by atoms with Crippen LogP contribution < -0.4 is 5.32 Å². The van der Waals surface area contributed by atoms with Crippen molar-refractivity contribution in [1.29, 1.82) is 0 Å². The van der Waals surface area contributed by atoms with Gasteiger partial charge in [-0.3, -0.25) is 0 Å². The van der Waals surface area contributed by atoms with Crippen molar-refractivity contribution >= 4 is 0 Å². The molecule has 1 saturated carbocycles. The van der Waals surface area contributed by atoms with Gasteiger partial charge in [0.15, 0.2) is 0 Å². The molecule has 1 aromatic carbocycles. The van der Waals surface area contributed by atoms with Crippen LogP contribution in [0.15, 0.2) is 24.3 Å². The zero-order valence-electron chi connectivity index (χ0n) is 10.1. The molecule has 0 atom stereocenters. The van der Waals surface area contributed by atoms with Gasteiger partial charge in [0, 0.05) is 12.0 Å². The normalized spacial score (nSPS) is 28.8. The SMILES string of the molecule is CCC1CC(CNC)(c2ccccc2F)C1. The van der Waals surface area contributed by atoms with Crippen LogP contribution in [0.3, 0.4) is 0 Å². The Kier molecular flexibility index (Phi) is 3.29. The van der Waals surface area contributed by atoms with Crippen LogP contribution in [0.5, 0.6) is 0 Å². The number of hydrogen-bond acceptors (Lipinski definition) is 1. The highest BCUT2D eigenvalue weighted by atomic mass is 19.1. The fourth-order valence-corrected chi connectivity index (χ4v) is 3.02. The smallest absolute Gasteiger partial charge is 0.127 e. The monoisotopic (exact) mass is 221 g/mol. The van der Waals surface area contributed by atoms with Crippen LogP contribution in [0.2, 0.25) is 0 Å². The lowest BCUT2D eigenvalue weighted by Gasteiger charge is -2.48. The Labute approximate surface area is 97.1 Å². The second-order valence-corrected chi connectivity index (χ2v) is 4.97. The maximum Gasteiger partial charge on any atom is 0.127 e. The second-order valence-electron chi connectivity index (χ2n) is 4.97. The molecule has 0 radical (unpaired) electrons. The highest BCUT2D eigenvalue weighted by molar-refractivity contribution is 5.31. The van der Waals surface area contributed by atoms with Crippen molar-refractivity contribution in [2.45, 2.75) is 31.6 Å². The molecule has 0 amide bonds. The Morgan fingerprint density at radius 3 is 2.62 bits per heavy atom. The van der Waals surface area contributed by atoms with Gasteiger partial charge in [-0.25, -0.2) is 4.39 Å². The number of halogens is 1. The maximum atomic E-state index is 13.8. The Hall–Kier alpha value is -0.890. The molecule has 1 fully saturated rings. The molecule has 88 valence electrons. The van der Waals surface area contributed by atoms with Gasteiger partial charge in [0.1, 0.15) is 5.82 Å². The summed E-state index contributed by atoms with van der Waals surface area (Å²) >= 11 is 0. The summed E-state index contributed by atoms with van der Waals surface area (Å²) in [4.78, 5) is 0. The van der Waals surface area contributed by atoms with Gasteiger partial charge in [-0.05, 0) is 37.4 Å². The van der Waals surface area contributed by atoms with E-state index >= 15 is 0 Å². The first-order valence-electron chi connectivity index (χ1n) is 6.11. The van der Waals surface area contributed by atoms with Crippen molar-refractivity contribution in [3.63, 3.8) is 0 Å². The predicted octanol–water partition coefficient (Wildman–Crippen LogP) is 3.10. The Balaban J connectivity index is 2.24. The number of benzene rings is 1. The van der Waals surface area contributed by atoms with Crippen LogP contribution in [-0.4, -0.2) is 13.6 Å². The van der Waals surface area contributed by atoms with Gasteiger partial charge in [-0.2, -0.15) is 0 Å². The average Bonchev–Trinajstić information content (AvgIpc) is 2.24. The van der Waals surface area contributed by atoms with E-state index in [-0.39, 0.29) is 11.2 Å². The molecule has 0 saturated heterocycles. The van der Waals surface area contributed by atoms with Gasteiger partial charge in [-0.15, -0.1) is 0 Å². The average molecular weight is 221 g/mol. The molecule has 1 aliphatic rings. The molecule has 1 aromatic rings. The molecule has 0 aromatic heterocycles. The van der Waals surface area contributed by atoms with Crippen LogP contribution >= 0.6 is 0 Å². The summed E-state index contributed by atoms with van der Waals surface area (Å²) in [7, 11) is 1.95. The van der Waals surface area contributed by atoms with Crippen molar-refractivity contribution in [3.05, 3.63) is 35.6 Å². The van der Waals surface area contributed by atoms with E-state index in [0.29, 0.717) is 0 Å². The van der Waals surface area contributed by atoms with Crippen LogP contribution in [0.4, 0.5) is 4.39 Å². The first-order chi connectivity index (χ1) is 7.72. The Morgan fingerprint density at radius 2 is 2.06 bits per heavy atom. The fraction of sp³-hybridized carbons (Fsp3) is 0.571. The quantitative estimate of drug-likeness (QED) is 0.823. The zero-order valence-corrected chi connectivity index (χ0v) is 10.1. The van der Waals surface area contributed by atoms with Crippen molar-refractivity contribution in [3.8, 4) is 0 Å². The molecule has 2 heteroatoms. The first kappa shape index (κ1) is 11.6. The van der Waals surface area contributed by atoms with E-state index in [2.05, 4.69) is 12.2 Å². The molecule has 1 nitrogen and oxygen atoms in total. The Bertz CT molecular complexity index is 356. The standard InChI is InChI=1S/C14H20FN/c1-3-11-8-14(9-11,10-16-2)12-6-4-5-7-13(12)15/h4-7,11,16H,3,8-10H2,1-2H3. The number of hydrogen-bond donors (Lipinski definition) is 1. The summed E-state index contributed by atoms with van der Waals surface area (Å²) in [6, 6.07) is 7.22. The molecular weight excluding hydrogens is 201 g/mol. The summed E-state index contributed by atoms with van der Waals surface area (Å²) in [6.07, 6.45) is 3.44. The van der Waals surface area contributed by atoms with Crippen molar-refractivity contribution in [1.82, 2.24) is 5.32 Å². The molecule has 16 heavy (non-hydrogen) atoms. The molecule has 0 heterocycles. The third-order valence-corrected chi connectivity index (χ3v) is 3.90. The van der Waals surface area contributed by atoms with Crippen molar-refractivity contribution in [2.75, 3.05) is 13.6 Å². The van der Waals surface area contributed by atoms with E-state index in [1.807, 2.05) is 19.2 Å². The molecule has 1 N–H and O–H groups in total. The zero-order chi connectivity index (χ0) is 11.6. The van der Waals surface area contributed by atoms with E-state index in [4.69, 9.17) is 0 Å². The van der Waals surface area contributed by atoms with Gasteiger partial charge in [-0.1, -0.05) is 31.5 Å². The van der Waals surface area contributed by atoms with E-state index in [9.17, 15) is 4.39 Å². The van der Waals surface area contributed by atoms with E-state index in [1.54, 1.807) is 12.1 Å². The second kappa shape index (κ2) is 4.54. The van der Waals surface area contributed by atoms with Crippen LogP contribution in [0.1, 0.15) is 31.7 Å². The van der Waals surface area contributed by atoms with Gasteiger partial charge in [0.05, 0.1) is 0 Å². The predicted molar refractivity (Wildman–Crippen MR) is 65.0 cm³/mol. The van der Waals surface area contributed by atoms with Gasteiger partial charge < -0.3 is 5.32 Å². The fourth-order valence-electron chi connectivity index (χ4n) is 3.02. The van der Waals surface area contributed by atoms with E-state index < -0.39 is 0 Å². The summed E-state index contributed by atoms with van der Waals surface area (Å²) in [5, 5.41) is 3.21. The highest BCUT2D eigenvalue weighted by Crippen LogP contribution is 2.49. The molecule has 2 rings (SSSR count). The summed E-state index contributed by atoms with van der Waals surface area (Å²) in [6.45, 7) is 3.10. The summed E-state index contributed by atoms with van der Waals surface area (Å²) < 4.78 is 13.8.